The summed E-state index contributed by atoms with van der Waals surface area (Å²) in [7, 11) is 0. The Bertz CT molecular complexity index is 669. The number of benzene rings is 1. The summed E-state index contributed by atoms with van der Waals surface area (Å²) < 4.78 is 6.79. The molecule has 0 atom stereocenters. The monoisotopic (exact) mass is 361 g/mol. The number of hydrogen-bond acceptors (Lipinski definition) is 4. The van der Waals surface area contributed by atoms with Gasteiger partial charge in [-0.25, -0.2) is 0 Å². The number of nitrogens with zero attached hydrogens (tertiary/aromatic N) is 2. The lowest BCUT2D eigenvalue weighted by molar-refractivity contribution is 0.227. The van der Waals surface area contributed by atoms with Gasteiger partial charge in [-0.15, -0.1) is 0 Å². The van der Waals surface area contributed by atoms with Crippen molar-refractivity contribution < 1.29 is 4.52 Å². The summed E-state index contributed by atoms with van der Waals surface area (Å²) in [6.07, 6.45) is 7.58. The first-order chi connectivity index (χ1) is 10.6. The zero-order valence-corrected chi connectivity index (χ0v) is 14.1. The quantitative estimate of drug-likeness (QED) is 0.895. The molecule has 2 aliphatic rings. The van der Waals surface area contributed by atoms with Gasteiger partial charge in [0.2, 0.25) is 5.89 Å². The zero-order chi connectivity index (χ0) is 15.2. The predicted molar refractivity (Wildman–Crippen MR) is 87.4 cm³/mol. The largest absolute Gasteiger partial charge is 0.338 e. The number of nitrogens with two attached hydrogens (primary N) is 1. The zero-order valence-electron chi connectivity index (χ0n) is 12.5. The van der Waals surface area contributed by atoms with E-state index in [1.165, 1.54) is 18.4 Å². The van der Waals surface area contributed by atoms with E-state index in [2.05, 4.69) is 45.4 Å². The molecular weight excluding hydrogens is 342 g/mol. The first-order valence-corrected chi connectivity index (χ1v) is 8.81. The highest BCUT2D eigenvalue weighted by Crippen LogP contribution is 2.47. The lowest BCUT2D eigenvalue weighted by atomic mass is 9.76. The minimum atomic E-state index is -0.360. The van der Waals surface area contributed by atoms with Crippen LogP contribution in [0, 0.1) is 0 Å². The summed E-state index contributed by atoms with van der Waals surface area (Å²) in [5.41, 5.74) is 7.12. The fraction of sp³-hybridized carbons (Fsp3) is 0.529. The molecule has 0 aliphatic heterocycles. The lowest BCUT2D eigenvalue weighted by Crippen LogP contribution is -2.44. The van der Waals surface area contributed by atoms with Crippen LogP contribution in [0.3, 0.4) is 0 Å². The van der Waals surface area contributed by atoms with E-state index in [0.717, 1.165) is 42.5 Å². The van der Waals surface area contributed by atoms with E-state index in [1.54, 1.807) is 0 Å². The number of aromatic nitrogens is 2. The maximum atomic E-state index is 6.35. The van der Waals surface area contributed by atoms with Crippen molar-refractivity contribution in [1.82, 2.24) is 10.1 Å². The molecular formula is C17H20BrN3O. The first kappa shape index (κ1) is 14.4. The van der Waals surface area contributed by atoms with Crippen molar-refractivity contribution in [2.45, 2.75) is 55.9 Å². The molecule has 2 fully saturated rings. The van der Waals surface area contributed by atoms with Crippen molar-refractivity contribution in [3.63, 3.8) is 0 Å². The molecule has 0 spiro atoms. The van der Waals surface area contributed by atoms with Gasteiger partial charge < -0.3 is 10.3 Å². The molecule has 1 aromatic heterocycles. The highest BCUT2D eigenvalue weighted by Gasteiger charge is 2.45. The van der Waals surface area contributed by atoms with Crippen LogP contribution in [0.25, 0.3) is 0 Å². The minimum Gasteiger partial charge on any atom is -0.338 e. The van der Waals surface area contributed by atoms with Crippen LogP contribution in [-0.4, -0.2) is 10.1 Å². The van der Waals surface area contributed by atoms with Crippen LogP contribution < -0.4 is 5.73 Å². The van der Waals surface area contributed by atoms with Gasteiger partial charge >= 0.3 is 0 Å². The molecule has 2 saturated carbocycles. The normalized spacial score (nSPS) is 22.5. The van der Waals surface area contributed by atoms with Gasteiger partial charge in [0.05, 0.1) is 11.0 Å². The molecule has 5 heteroatoms. The predicted octanol–water partition coefficient (Wildman–Crippen LogP) is 4.03. The van der Waals surface area contributed by atoms with Crippen LogP contribution in [0.5, 0.6) is 0 Å². The Morgan fingerprint density at radius 2 is 1.68 bits per heavy atom. The van der Waals surface area contributed by atoms with Crippen LogP contribution in [0.2, 0.25) is 0 Å². The van der Waals surface area contributed by atoms with Crippen molar-refractivity contribution >= 4 is 15.9 Å². The molecule has 116 valence electrons. The fourth-order valence-corrected chi connectivity index (χ4v) is 4.04. The molecule has 2 aliphatic carbocycles. The summed E-state index contributed by atoms with van der Waals surface area (Å²) in [4.78, 5) is 4.74. The highest BCUT2D eigenvalue weighted by molar-refractivity contribution is 9.10. The number of hydrogen-bond donors (Lipinski definition) is 1. The summed E-state index contributed by atoms with van der Waals surface area (Å²) in [6, 6.07) is 8.51. The average Bonchev–Trinajstić information content (AvgIpc) is 3.15. The van der Waals surface area contributed by atoms with E-state index >= 15 is 0 Å². The molecule has 4 nitrogen and oxygen atoms in total. The van der Waals surface area contributed by atoms with E-state index in [4.69, 9.17) is 15.2 Å². The van der Waals surface area contributed by atoms with Crippen LogP contribution in [-0.2, 0) is 11.0 Å². The molecule has 1 aromatic carbocycles. The molecule has 0 radical (unpaired) electrons. The summed E-state index contributed by atoms with van der Waals surface area (Å²) in [5, 5.41) is 4.22. The van der Waals surface area contributed by atoms with Crippen LogP contribution in [0.4, 0.5) is 0 Å². The van der Waals surface area contributed by atoms with Gasteiger partial charge in [-0.1, -0.05) is 46.1 Å². The SMILES string of the molecule is NC1(c2noc(C3(c4ccc(Br)cc4)CCCC3)n2)CCC1. The smallest absolute Gasteiger partial charge is 0.237 e. The van der Waals surface area contributed by atoms with Crippen LogP contribution >= 0.6 is 15.9 Å². The number of halogens is 1. The molecule has 22 heavy (non-hydrogen) atoms. The van der Waals surface area contributed by atoms with Gasteiger partial charge in [-0.2, -0.15) is 4.98 Å². The minimum absolute atomic E-state index is 0.133. The summed E-state index contributed by atoms with van der Waals surface area (Å²) in [5.74, 6) is 1.44. The second kappa shape index (κ2) is 5.17. The van der Waals surface area contributed by atoms with Gasteiger partial charge in [0.1, 0.15) is 0 Å². The molecule has 0 amide bonds. The Kier molecular flexibility index (Phi) is 3.38. The van der Waals surface area contributed by atoms with Gasteiger partial charge in [0, 0.05) is 4.47 Å². The average molecular weight is 362 g/mol. The molecule has 0 bridgehead atoms. The second-order valence-corrected chi connectivity index (χ2v) is 7.64. The molecule has 1 heterocycles. The Morgan fingerprint density at radius 1 is 1.00 bits per heavy atom. The van der Waals surface area contributed by atoms with Crippen LogP contribution in [0.15, 0.2) is 33.3 Å². The molecule has 0 unspecified atom stereocenters. The third-order valence-corrected chi connectivity index (χ3v) is 5.91. The second-order valence-electron chi connectivity index (χ2n) is 6.73. The third kappa shape index (κ3) is 2.14. The lowest BCUT2D eigenvalue weighted by Gasteiger charge is -2.34. The van der Waals surface area contributed by atoms with Gasteiger partial charge in [-0.05, 0) is 49.8 Å². The molecule has 2 N–H and O–H groups in total. The van der Waals surface area contributed by atoms with E-state index in [1.807, 2.05) is 0 Å². The van der Waals surface area contributed by atoms with Crippen molar-refractivity contribution in [2.75, 3.05) is 0 Å². The maximum absolute atomic E-state index is 6.35. The summed E-state index contributed by atoms with van der Waals surface area (Å²) in [6.45, 7) is 0. The summed E-state index contributed by atoms with van der Waals surface area (Å²) >= 11 is 3.51. The molecule has 2 aromatic rings. The van der Waals surface area contributed by atoms with E-state index in [0.29, 0.717) is 5.82 Å². The van der Waals surface area contributed by atoms with E-state index < -0.39 is 0 Å². The van der Waals surface area contributed by atoms with Crippen molar-refractivity contribution in [3.8, 4) is 0 Å². The fourth-order valence-electron chi connectivity index (χ4n) is 3.77. The van der Waals surface area contributed by atoms with Crippen LogP contribution in [0.1, 0.15) is 62.2 Å². The molecule has 0 saturated heterocycles. The standard InChI is InChI=1S/C17H20BrN3O/c18-13-6-4-12(5-7-13)16(8-1-2-9-16)15-20-14(21-22-15)17(19)10-3-11-17/h4-7H,1-3,8-11,19H2. The first-order valence-electron chi connectivity index (χ1n) is 8.02. The van der Waals surface area contributed by atoms with Gasteiger partial charge in [-0.3, -0.25) is 0 Å². The Balaban J connectivity index is 1.74. The number of rotatable bonds is 3. The van der Waals surface area contributed by atoms with Crippen molar-refractivity contribution in [1.29, 1.82) is 0 Å². The third-order valence-electron chi connectivity index (χ3n) is 5.38. The Labute approximate surface area is 138 Å². The Morgan fingerprint density at radius 3 is 2.27 bits per heavy atom. The van der Waals surface area contributed by atoms with E-state index in [9.17, 15) is 0 Å². The Hall–Kier alpha value is -1.20. The highest BCUT2D eigenvalue weighted by atomic mass is 79.9. The van der Waals surface area contributed by atoms with Gasteiger partial charge in [0.15, 0.2) is 5.82 Å². The maximum Gasteiger partial charge on any atom is 0.237 e. The molecule has 4 rings (SSSR count). The topological polar surface area (TPSA) is 64.9 Å². The van der Waals surface area contributed by atoms with Crippen molar-refractivity contribution in [3.05, 3.63) is 46.0 Å². The van der Waals surface area contributed by atoms with Gasteiger partial charge in [0.25, 0.3) is 0 Å². The van der Waals surface area contributed by atoms with Crippen molar-refractivity contribution in [2.24, 2.45) is 5.73 Å². The van der Waals surface area contributed by atoms with E-state index in [-0.39, 0.29) is 11.0 Å².